The molecule has 4 nitrogen and oxygen atoms in total. The molecule has 0 atom stereocenters. The molecular weight excluding hydrogens is 288 g/mol. The molecule has 4 aromatic rings. The van der Waals surface area contributed by atoms with E-state index in [0.717, 1.165) is 10.9 Å². The van der Waals surface area contributed by atoms with Crippen LogP contribution in [0.1, 0.15) is 15.9 Å². The molecule has 1 N–H and O–H groups in total. The molecule has 4 heteroatoms. The molecule has 0 spiro atoms. The lowest BCUT2D eigenvalue weighted by Gasteiger charge is -2.04. The van der Waals surface area contributed by atoms with Gasteiger partial charge in [-0.1, -0.05) is 42.5 Å². The number of nitrogens with zero attached hydrogens (tertiary/aromatic N) is 2. The highest BCUT2D eigenvalue weighted by Crippen LogP contribution is 2.18. The largest absolute Gasteiger partial charge is 0.478 e. The Labute approximate surface area is 132 Å². The number of carboxylic acids is 1. The van der Waals surface area contributed by atoms with Crippen molar-refractivity contribution in [2.24, 2.45) is 0 Å². The fourth-order valence-corrected chi connectivity index (χ4v) is 2.81. The van der Waals surface area contributed by atoms with E-state index in [4.69, 9.17) is 5.11 Å². The average molecular weight is 302 g/mol. The van der Waals surface area contributed by atoms with Gasteiger partial charge in [-0.3, -0.25) is 4.68 Å². The van der Waals surface area contributed by atoms with Crippen LogP contribution in [-0.4, -0.2) is 20.9 Å². The molecule has 1 heterocycles. The molecule has 4 rings (SSSR count). The highest BCUT2D eigenvalue weighted by Gasteiger charge is 2.07. The predicted octanol–water partition coefficient (Wildman–Crippen LogP) is 3.94. The summed E-state index contributed by atoms with van der Waals surface area (Å²) >= 11 is 0. The molecule has 112 valence electrons. The molecule has 0 aliphatic rings. The van der Waals surface area contributed by atoms with E-state index < -0.39 is 5.97 Å². The maximum Gasteiger partial charge on any atom is 0.335 e. The van der Waals surface area contributed by atoms with E-state index >= 15 is 0 Å². The van der Waals surface area contributed by atoms with E-state index in [9.17, 15) is 4.79 Å². The lowest BCUT2D eigenvalue weighted by Crippen LogP contribution is -2.00. The number of hydrogen-bond acceptors (Lipinski definition) is 2. The maximum absolute atomic E-state index is 11.0. The van der Waals surface area contributed by atoms with Crippen LogP contribution >= 0.6 is 0 Å². The van der Waals surface area contributed by atoms with Crippen LogP contribution < -0.4 is 0 Å². The molecule has 1 aromatic heterocycles. The number of hydrogen-bond donors (Lipinski definition) is 1. The third-order valence-corrected chi connectivity index (χ3v) is 3.96. The second kappa shape index (κ2) is 5.25. The van der Waals surface area contributed by atoms with Gasteiger partial charge in [0, 0.05) is 11.6 Å². The van der Waals surface area contributed by atoms with Crippen LogP contribution in [0.5, 0.6) is 0 Å². The van der Waals surface area contributed by atoms with Crippen LogP contribution in [0.4, 0.5) is 0 Å². The summed E-state index contributed by atoms with van der Waals surface area (Å²) < 4.78 is 1.85. The van der Waals surface area contributed by atoms with Crippen LogP contribution in [0.15, 0.2) is 66.9 Å². The van der Waals surface area contributed by atoms with Gasteiger partial charge in [0.25, 0.3) is 0 Å². The second-order valence-electron chi connectivity index (χ2n) is 5.59. The first-order valence-corrected chi connectivity index (χ1v) is 7.37. The summed E-state index contributed by atoms with van der Waals surface area (Å²) in [6.45, 7) is 0.655. The van der Waals surface area contributed by atoms with Gasteiger partial charge in [0.15, 0.2) is 0 Å². The third-order valence-electron chi connectivity index (χ3n) is 3.96. The molecule has 0 fully saturated rings. The molecule has 0 bridgehead atoms. The third kappa shape index (κ3) is 2.55. The molecule has 0 aliphatic heterocycles. The lowest BCUT2D eigenvalue weighted by atomic mass is 10.1. The van der Waals surface area contributed by atoms with Crippen molar-refractivity contribution in [3.63, 3.8) is 0 Å². The van der Waals surface area contributed by atoms with Crippen molar-refractivity contribution in [3.05, 3.63) is 78.0 Å². The Hall–Kier alpha value is -3.14. The van der Waals surface area contributed by atoms with Crippen LogP contribution in [-0.2, 0) is 6.54 Å². The number of fused-ring (bicyclic) bond motifs is 2. The number of benzene rings is 3. The van der Waals surface area contributed by atoms with Crippen molar-refractivity contribution in [2.75, 3.05) is 0 Å². The molecule has 0 unspecified atom stereocenters. The SMILES string of the molecule is O=C(O)c1ccc2cn(Cc3ccc4ccccc4c3)nc2c1. The Morgan fingerprint density at radius 2 is 1.74 bits per heavy atom. The van der Waals surface area contributed by atoms with Crippen molar-refractivity contribution < 1.29 is 9.90 Å². The molecule has 23 heavy (non-hydrogen) atoms. The smallest absolute Gasteiger partial charge is 0.335 e. The maximum atomic E-state index is 11.0. The molecule has 0 aliphatic carbocycles. The van der Waals surface area contributed by atoms with E-state index in [1.165, 1.54) is 10.8 Å². The summed E-state index contributed by atoms with van der Waals surface area (Å²) in [5, 5.41) is 16.9. The van der Waals surface area contributed by atoms with Gasteiger partial charge in [-0.25, -0.2) is 4.79 Å². The van der Waals surface area contributed by atoms with E-state index in [2.05, 4.69) is 35.4 Å². The molecule has 0 radical (unpaired) electrons. The monoisotopic (exact) mass is 302 g/mol. The Morgan fingerprint density at radius 3 is 2.57 bits per heavy atom. The quantitative estimate of drug-likeness (QED) is 0.623. The first-order valence-electron chi connectivity index (χ1n) is 7.37. The summed E-state index contributed by atoms with van der Waals surface area (Å²) in [5.41, 5.74) is 2.12. The first kappa shape index (κ1) is 13.5. The van der Waals surface area contributed by atoms with Crippen LogP contribution in [0.25, 0.3) is 21.7 Å². The minimum atomic E-state index is -0.934. The summed E-state index contributed by atoms with van der Waals surface area (Å²) in [6.07, 6.45) is 1.94. The van der Waals surface area contributed by atoms with Gasteiger partial charge in [-0.15, -0.1) is 0 Å². The van der Waals surface area contributed by atoms with Crippen LogP contribution in [0, 0.1) is 0 Å². The van der Waals surface area contributed by atoms with Gasteiger partial charge >= 0.3 is 5.97 Å². The van der Waals surface area contributed by atoms with E-state index in [-0.39, 0.29) is 5.56 Å². The van der Waals surface area contributed by atoms with Crippen molar-refractivity contribution in [1.29, 1.82) is 0 Å². The minimum Gasteiger partial charge on any atom is -0.478 e. The minimum absolute atomic E-state index is 0.258. The number of rotatable bonds is 3. The Bertz CT molecular complexity index is 1030. The van der Waals surface area contributed by atoms with Crippen molar-refractivity contribution in [1.82, 2.24) is 9.78 Å². The fraction of sp³-hybridized carbons (Fsp3) is 0.0526. The number of carbonyl (C=O) groups is 1. The average Bonchev–Trinajstić information content (AvgIpc) is 2.96. The van der Waals surface area contributed by atoms with Gasteiger partial charge < -0.3 is 5.11 Å². The Morgan fingerprint density at radius 1 is 0.957 bits per heavy atom. The summed E-state index contributed by atoms with van der Waals surface area (Å²) in [5.74, 6) is -0.934. The Kier molecular flexibility index (Phi) is 3.08. The van der Waals surface area contributed by atoms with Crippen molar-refractivity contribution in [3.8, 4) is 0 Å². The van der Waals surface area contributed by atoms with Gasteiger partial charge in [0.2, 0.25) is 0 Å². The Balaban J connectivity index is 1.69. The zero-order valence-electron chi connectivity index (χ0n) is 12.3. The summed E-state index contributed by atoms with van der Waals surface area (Å²) in [6, 6.07) is 19.6. The topological polar surface area (TPSA) is 55.1 Å². The fourth-order valence-electron chi connectivity index (χ4n) is 2.81. The van der Waals surface area contributed by atoms with Gasteiger partial charge in [0.1, 0.15) is 0 Å². The number of carboxylic acid groups (broad SMARTS) is 1. The molecule has 3 aromatic carbocycles. The molecule has 0 saturated carbocycles. The highest BCUT2D eigenvalue weighted by atomic mass is 16.4. The lowest BCUT2D eigenvalue weighted by molar-refractivity contribution is 0.0697. The van der Waals surface area contributed by atoms with E-state index in [1.807, 2.05) is 23.0 Å². The molecular formula is C19H14N2O2. The normalized spacial score (nSPS) is 11.1. The van der Waals surface area contributed by atoms with Crippen LogP contribution in [0.2, 0.25) is 0 Å². The summed E-state index contributed by atoms with van der Waals surface area (Å²) in [7, 11) is 0. The second-order valence-corrected chi connectivity index (χ2v) is 5.59. The number of aromatic nitrogens is 2. The van der Waals surface area contributed by atoms with E-state index in [0.29, 0.717) is 12.1 Å². The molecule has 0 saturated heterocycles. The zero-order valence-corrected chi connectivity index (χ0v) is 12.3. The van der Waals surface area contributed by atoms with Crippen molar-refractivity contribution in [2.45, 2.75) is 6.54 Å². The molecule has 0 amide bonds. The van der Waals surface area contributed by atoms with E-state index in [1.54, 1.807) is 18.2 Å². The number of aromatic carboxylic acids is 1. The van der Waals surface area contributed by atoms with Gasteiger partial charge in [-0.2, -0.15) is 5.10 Å². The van der Waals surface area contributed by atoms with Gasteiger partial charge in [0.05, 0.1) is 17.6 Å². The summed E-state index contributed by atoms with van der Waals surface area (Å²) in [4.78, 5) is 11.0. The van der Waals surface area contributed by atoms with Crippen LogP contribution in [0.3, 0.4) is 0 Å². The van der Waals surface area contributed by atoms with Gasteiger partial charge in [-0.05, 0) is 34.5 Å². The van der Waals surface area contributed by atoms with Crippen molar-refractivity contribution >= 4 is 27.6 Å². The first-order chi connectivity index (χ1) is 11.2. The standard InChI is InChI=1S/C19H14N2O2/c22-19(23)16-7-8-17-12-21(20-18(17)10-16)11-13-5-6-14-3-1-2-4-15(14)9-13/h1-10,12H,11H2,(H,22,23). The zero-order chi connectivity index (χ0) is 15.8. The predicted molar refractivity (Wildman–Crippen MR) is 89.7 cm³/mol. The highest BCUT2D eigenvalue weighted by molar-refractivity contribution is 5.92.